The maximum atomic E-state index is 14.1. The highest BCUT2D eigenvalue weighted by Gasteiger charge is 2.24. The van der Waals surface area contributed by atoms with Crippen molar-refractivity contribution in [3.63, 3.8) is 0 Å². The van der Waals surface area contributed by atoms with Gasteiger partial charge in [0.2, 0.25) is 0 Å². The molecule has 0 saturated heterocycles. The molecule has 1 aliphatic heterocycles. The average Bonchev–Trinajstić information content (AvgIpc) is 2.95. The van der Waals surface area contributed by atoms with E-state index in [-0.39, 0.29) is 5.82 Å². The molecule has 0 bridgehead atoms. The predicted molar refractivity (Wildman–Crippen MR) is 80.8 cm³/mol. The molecule has 0 aliphatic carbocycles. The van der Waals surface area contributed by atoms with E-state index < -0.39 is 6.10 Å². The Morgan fingerprint density at radius 1 is 1.23 bits per heavy atom. The summed E-state index contributed by atoms with van der Waals surface area (Å²) >= 11 is 0. The smallest absolute Gasteiger partial charge is 0.192 e. The van der Waals surface area contributed by atoms with Crippen molar-refractivity contribution in [3.05, 3.63) is 54.1 Å². The first-order chi connectivity index (χ1) is 10.7. The second-order valence-corrected chi connectivity index (χ2v) is 5.00. The predicted octanol–water partition coefficient (Wildman–Crippen LogP) is 1.25. The number of hydrogen-bond acceptors (Lipinski definition) is 6. The van der Waals surface area contributed by atoms with Gasteiger partial charge < -0.3 is 5.11 Å². The third kappa shape index (κ3) is 2.76. The van der Waals surface area contributed by atoms with Crippen molar-refractivity contribution >= 4 is 5.84 Å². The van der Waals surface area contributed by atoms with Crippen LogP contribution in [0.25, 0.3) is 11.1 Å². The maximum Gasteiger partial charge on any atom is 0.192 e. The van der Waals surface area contributed by atoms with Crippen molar-refractivity contribution in [2.45, 2.75) is 13.0 Å². The number of halogens is 1. The molecule has 0 fully saturated rings. The minimum atomic E-state index is -0.557. The van der Waals surface area contributed by atoms with Gasteiger partial charge in [0.15, 0.2) is 5.84 Å². The average molecular weight is 301 g/mol. The molecule has 6 nitrogen and oxygen atoms in total. The number of rotatable bonds is 4. The van der Waals surface area contributed by atoms with Crippen LogP contribution in [0.1, 0.15) is 12.6 Å². The van der Waals surface area contributed by atoms with Gasteiger partial charge in [0.25, 0.3) is 0 Å². The molecule has 3 N–H and O–H groups in total. The van der Waals surface area contributed by atoms with Gasteiger partial charge in [-0.3, -0.25) is 9.99 Å². The molecule has 1 aromatic carbocycles. The van der Waals surface area contributed by atoms with Crippen LogP contribution in [0.3, 0.4) is 0 Å². The fraction of sp³-hybridized carbons (Fsp3) is 0.200. The Bertz CT molecular complexity index is 704. The van der Waals surface area contributed by atoms with Crippen LogP contribution in [-0.4, -0.2) is 33.6 Å². The number of β-amino-alcohol motifs (C(OH)–C–C–N with tert-alkyl or cyclic N) is 1. The maximum absolute atomic E-state index is 14.1. The minimum absolute atomic E-state index is 0.319. The number of hydrogen-bond donors (Lipinski definition) is 3. The number of hydrazone groups is 1. The molecule has 2 aromatic rings. The summed E-state index contributed by atoms with van der Waals surface area (Å²) in [6, 6.07) is 10.1. The van der Waals surface area contributed by atoms with Crippen molar-refractivity contribution in [1.82, 2.24) is 21.1 Å². The van der Waals surface area contributed by atoms with E-state index in [9.17, 15) is 9.50 Å². The molecule has 3 rings (SSSR count). The van der Waals surface area contributed by atoms with Crippen LogP contribution in [0.4, 0.5) is 4.39 Å². The van der Waals surface area contributed by atoms with E-state index >= 15 is 0 Å². The SMILES string of the molecule is CC(O)CN1NNN=C1c1ncccc1-c1ccccc1F. The topological polar surface area (TPSA) is 72.8 Å². The number of amidine groups is 1. The number of aliphatic hydroxyl groups is 1. The van der Waals surface area contributed by atoms with E-state index in [1.165, 1.54) is 6.07 Å². The van der Waals surface area contributed by atoms with Crippen LogP contribution < -0.4 is 11.1 Å². The van der Waals surface area contributed by atoms with Crippen molar-refractivity contribution in [2.75, 3.05) is 6.54 Å². The lowest BCUT2D eigenvalue weighted by molar-refractivity contribution is 0.137. The molecule has 0 saturated carbocycles. The zero-order chi connectivity index (χ0) is 15.5. The molecule has 0 spiro atoms. The number of aromatic nitrogens is 1. The molecule has 0 amide bonds. The fourth-order valence-corrected chi connectivity index (χ4v) is 2.31. The second kappa shape index (κ2) is 6.08. The van der Waals surface area contributed by atoms with Gasteiger partial charge in [0.1, 0.15) is 11.5 Å². The largest absolute Gasteiger partial charge is 0.392 e. The summed E-state index contributed by atoms with van der Waals surface area (Å²) in [7, 11) is 0. The van der Waals surface area contributed by atoms with Gasteiger partial charge >= 0.3 is 0 Å². The highest BCUT2D eigenvalue weighted by atomic mass is 19.1. The number of nitrogens with one attached hydrogen (secondary N) is 2. The van der Waals surface area contributed by atoms with E-state index in [1.807, 2.05) is 0 Å². The van der Waals surface area contributed by atoms with Crippen LogP contribution in [0.15, 0.2) is 47.7 Å². The standard InChI is InChI=1S/C15H16FN5O/c1-10(22)9-21-15(18-19-20-21)14-12(6-4-8-17-14)11-5-2-3-7-13(11)16/h2-8,10,19-20,22H,9H2,1H3. The number of benzene rings is 1. The summed E-state index contributed by atoms with van der Waals surface area (Å²) in [4.78, 5) is 4.33. The van der Waals surface area contributed by atoms with E-state index in [0.717, 1.165) is 0 Å². The normalized spacial score (nSPS) is 15.4. The molecule has 1 aliphatic rings. The first-order valence-electron chi connectivity index (χ1n) is 6.91. The lowest BCUT2D eigenvalue weighted by Crippen LogP contribution is -2.45. The summed E-state index contributed by atoms with van der Waals surface area (Å²) in [6.07, 6.45) is 1.07. The van der Waals surface area contributed by atoms with Crippen LogP contribution in [-0.2, 0) is 0 Å². The number of hydrazine groups is 2. The second-order valence-electron chi connectivity index (χ2n) is 5.00. The van der Waals surface area contributed by atoms with Crippen LogP contribution in [0.2, 0.25) is 0 Å². The summed E-state index contributed by atoms with van der Waals surface area (Å²) in [5.41, 5.74) is 7.08. The lowest BCUT2D eigenvalue weighted by atomic mass is 10.0. The molecular formula is C15H16FN5O. The molecule has 1 unspecified atom stereocenters. The van der Waals surface area contributed by atoms with Gasteiger partial charge in [0, 0.05) is 17.3 Å². The fourth-order valence-electron chi connectivity index (χ4n) is 2.31. The van der Waals surface area contributed by atoms with Gasteiger partial charge in [0.05, 0.1) is 12.6 Å². The molecule has 1 atom stereocenters. The lowest BCUT2D eigenvalue weighted by Gasteiger charge is -2.21. The first-order valence-corrected chi connectivity index (χ1v) is 6.91. The van der Waals surface area contributed by atoms with E-state index in [2.05, 4.69) is 21.2 Å². The third-order valence-electron chi connectivity index (χ3n) is 3.23. The van der Waals surface area contributed by atoms with E-state index in [0.29, 0.717) is 29.2 Å². The molecule has 7 heteroatoms. The van der Waals surface area contributed by atoms with Crippen LogP contribution in [0.5, 0.6) is 0 Å². The van der Waals surface area contributed by atoms with Gasteiger partial charge in [-0.05, 0) is 19.1 Å². The zero-order valence-corrected chi connectivity index (χ0v) is 12.0. The molecular weight excluding hydrogens is 285 g/mol. The van der Waals surface area contributed by atoms with Crippen molar-refractivity contribution in [1.29, 1.82) is 0 Å². The summed E-state index contributed by atoms with van der Waals surface area (Å²) in [6.45, 7) is 1.99. The Morgan fingerprint density at radius 3 is 2.77 bits per heavy atom. The molecule has 0 radical (unpaired) electrons. The molecule has 2 heterocycles. The minimum Gasteiger partial charge on any atom is -0.392 e. The summed E-state index contributed by atoms with van der Waals surface area (Å²) in [5, 5.41) is 15.3. The number of nitrogens with zero attached hydrogens (tertiary/aromatic N) is 3. The van der Waals surface area contributed by atoms with Gasteiger partial charge in [-0.1, -0.05) is 24.3 Å². The quantitative estimate of drug-likeness (QED) is 0.793. The van der Waals surface area contributed by atoms with Gasteiger partial charge in [-0.15, -0.1) is 10.6 Å². The van der Waals surface area contributed by atoms with E-state index in [1.54, 1.807) is 48.5 Å². The van der Waals surface area contributed by atoms with Crippen LogP contribution >= 0.6 is 0 Å². The molecule has 114 valence electrons. The van der Waals surface area contributed by atoms with Crippen LogP contribution in [0, 0.1) is 5.82 Å². The van der Waals surface area contributed by atoms with Crippen molar-refractivity contribution in [2.24, 2.45) is 5.10 Å². The molecule has 22 heavy (non-hydrogen) atoms. The highest BCUT2D eigenvalue weighted by Crippen LogP contribution is 2.26. The summed E-state index contributed by atoms with van der Waals surface area (Å²) in [5.74, 6) is 0.179. The number of pyridine rings is 1. The van der Waals surface area contributed by atoms with E-state index in [4.69, 9.17) is 0 Å². The Morgan fingerprint density at radius 2 is 2.00 bits per heavy atom. The van der Waals surface area contributed by atoms with Crippen molar-refractivity contribution < 1.29 is 9.50 Å². The zero-order valence-electron chi connectivity index (χ0n) is 12.0. The first kappa shape index (κ1) is 14.4. The third-order valence-corrected chi connectivity index (χ3v) is 3.23. The Hall–Kier alpha value is -2.51. The van der Waals surface area contributed by atoms with Gasteiger partial charge in [-0.2, -0.15) is 0 Å². The Balaban J connectivity index is 2.04. The van der Waals surface area contributed by atoms with Crippen molar-refractivity contribution in [3.8, 4) is 11.1 Å². The Kier molecular flexibility index (Phi) is 3.99. The molecule has 1 aromatic heterocycles. The Labute approximate surface area is 127 Å². The van der Waals surface area contributed by atoms with Gasteiger partial charge in [-0.25, -0.2) is 9.93 Å². The number of aliphatic hydroxyl groups excluding tert-OH is 1. The summed E-state index contributed by atoms with van der Waals surface area (Å²) < 4.78 is 14.1. The monoisotopic (exact) mass is 301 g/mol. The highest BCUT2D eigenvalue weighted by molar-refractivity contribution is 6.02.